The Kier molecular flexibility index (Phi) is 7.42. The van der Waals surface area contributed by atoms with E-state index in [-0.39, 0.29) is 17.7 Å². The van der Waals surface area contributed by atoms with Crippen LogP contribution in [0.15, 0.2) is 36.4 Å². The summed E-state index contributed by atoms with van der Waals surface area (Å²) in [5, 5.41) is 3.78. The maximum absolute atomic E-state index is 13.3. The highest BCUT2D eigenvalue weighted by atomic mass is 35.5. The van der Waals surface area contributed by atoms with Crippen molar-refractivity contribution in [3.63, 3.8) is 0 Å². The molecule has 0 bridgehead atoms. The number of hydrogen-bond acceptors (Lipinski definition) is 2. The Morgan fingerprint density at radius 3 is 2.06 bits per heavy atom. The van der Waals surface area contributed by atoms with Gasteiger partial charge in [0.15, 0.2) is 0 Å². The Bertz CT molecular complexity index is 921. The molecule has 31 heavy (non-hydrogen) atoms. The third-order valence-electron chi connectivity index (χ3n) is 6.27. The van der Waals surface area contributed by atoms with Crippen molar-refractivity contribution in [1.82, 2.24) is 10.2 Å². The zero-order chi connectivity index (χ0) is 22.7. The fraction of sp³-hybridized carbons (Fsp3) is 0.462. The minimum atomic E-state index is -0.528. The molecule has 1 saturated heterocycles. The largest absolute Gasteiger partial charge is 0.341 e. The zero-order valence-corrected chi connectivity index (χ0v) is 19.9. The van der Waals surface area contributed by atoms with Gasteiger partial charge in [-0.25, -0.2) is 0 Å². The van der Waals surface area contributed by atoms with E-state index in [1.165, 1.54) is 5.56 Å². The molecule has 4 nitrogen and oxygen atoms in total. The number of nitrogens with one attached hydrogen (secondary N) is 1. The van der Waals surface area contributed by atoms with Crippen molar-refractivity contribution in [3.8, 4) is 0 Å². The first-order chi connectivity index (χ1) is 14.7. The fourth-order valence-corrected chi connectivity index (χ4v) is 4.76. The summed E-state index contributed by atoms with van der Waals surface area (Å²) >= 11 is 6.01. The second-order valence-corrected chi connectivity index (χ2v) is 9.56. The summed E-state index contributed by atoms with van der Waals surface area (Å²) < 4.78 is 0. The van der Waals surface area contributed by atoms with Gasteiger partial charge in [0.1, 0.15) is 6.04 Å². The molecule has 1 N–H and O–H groups in total. The van der Waals surface area contributed by atoms with Crippen molar-refractivity contribution in [1.29, 1.82) is 0 Å². The average molecular weight is 441 g/mol. The third-order valence-corrected chi connectivity index (χ3v) is 6.52. The number of halogens is 1. The molecule has 2 amide bonds. The van der Waals surface area contributed by atoms with Crippen molar-refractivity contribution >= 4 is 23.4 Å². The molecule has 166 valence electrons. The molecule has 2 aromatic rings. The van der Waals surface area contributed by atoms with E-state index >= 15 is 0 Å². The molecule has 1 heterocycles. The van der Waals surface area contributed by atoms with Gasteiger partial charge in [0.25, 0.3) is 5.91 Å². The van der Waals surface area contributed by atoms with E-state index in [2.05, 4.69) is 17.4 Å². The molecule has 5 heteroatoms. The monoisotopic (exact) mass is 440 g/mol. The number of nitrogens with zero attached hydrogens (tertiary/aromatic N) is 1. The fourth-order valence-electron chi connectivity index (χ4n) is 4.63. The van der Waals surface area contributed by atoms with Crippen LogP contribution in [0.2, 0.25) is 5.02 Å². The summed E-state index contributed by atoms with van der Waals surface area (Å²) in [6.07, 6.45) is 1.84. The first kappa shape index (κ1) is 23.3. The first-order valence-electron chi connectivity index (χ1n) is 11.1. The maximum Gasteiger partial charge on any atom is 0.252 e. The van der Waals surface area contributed by atoms with Crippen molar-refractivity contribution < 1.29 is 9.59 Å². The lowest BCUT2D eigenvalue weighted by atomic mass is 9.89. The molecule has 1 aliphatic rings. The number of carbonyl (C=O) groups is 2. The van der Waals surface area contributed by atoms with Crippen molar-refractivity contribution in [3.05, 3.63) is 69.2 Å². The quantitative estimate of drug-likeness (QED) is 0.674. The van der Waals surface area contributed by atoms with Crippen LogP contribution in [0.1, 0.15) is 65.2 Å². The smallest absolute Gasteiger partial charge is 0.252 e. The van der Waals surface area contributed by atoms with Crippen LogP contribution in [0.25, 0.3) is 0 Å². The summed E-state index contributed by atoms with van der Waals surface area (Å²) in [5.74, 6) is 0.293. The Balaban J connectivity index is 1.67. The summed E-state index contributed by atoms with van der Waals surface area (Å²) in [4.78, 5) is 28.3. The van der Waals surface area contributed by atoms with Gasteiger partial charge in [0, 0.05) is 23.7 Å². The van der Waals surface area contributed by atoms with Gasteiger partial charge in [-0.1, -0.05) is 55.3 Å². The summed E-state index contributed by atoms with van der Waals surface area (Å²) in [5.41, 5.74) is 4.95. The molecule has 3 rings (SSSR count). The Hall–Kier alpha value is -2.33. The van der Waals surface area contributed by atoms with Gasteiger partial charge >= 0.3 is 0 Å². The molecule has 1 aliphatic heterocycles. The topological polar surface area (TPSA) is 49.4 Å². The van der Waals surface area contributed by atoms with Crippen LogP contribution in [0, 0.1) is 26.7 Å². The minimum Gasteiger partial charge on any atom is -0.341 e. The summed E-state index contributed by atoms with van der Waals surface area (Å²) in [6.45, 7) is 11.3. The van der Waals surface area contributed by atoms with Gasteiger partial charge < -0.3 is 10.2 Å². The Morgan fingerprint density at radius 1 is 1.00 bits per heavy atom. The van der Waals surface area contributed by atoms with Crippen molar-refractivity contribution in [2.24, 2.45) is 5.92 Å². The predicted molar refractivity (Wildman–Crippen MR) is 127 cm³/mol. The summed E-state index contributed by atoms with van der Waals surface area (Å²) in [7, 11) is 0. The van der Waals surface area contributed by atoms with Crippen LogP contribution >= 0.6 is 11.6 Å². The second-order valence-electron chi connectivity index (χ2n) is 9.12. The normalized spacial score (nSPS) is 15.8. The van der Waals surface area contributed by atoms with Crippen LogP contribution in [-0.2, 0) is 4.79 Å². The standard InChI is InChI=1S/C26H33ClN2O2/c1-16(2)24(28-25(30)23-18(4)14-17(3)15-19(23)5)26(31)29-12-10-21(11-13-29)20-6-8-22(27)9-7-20/h6-9,14-16,21,24H,10-13H2,1-5H3,(H,28,30). The highest BCUT2D eigenvalue weighted by Crippen LogP contribution is 2.29. The van der Waals surface area contributed by atoms with Crippen LogP contribution in [0.4, 0.5) is 0 Å². The van der Waals surface area contributed by atoms with E-state index in [0.717, 1.165) is 34.6 Å². The lowest BCUT2D eigenvalue weighted by Crippen LogP contribution is -2.53. The molecule has 0 aliphatic carbocycles. The van der Waals surface area contributed by atoms with Crippen LogP contribution < -0.4 is 5.32 Å². The number of likely N-dealkylation sites (tertiary alicyclic amines) is 1. The highest BCUT2D eigenvalue weighted by molar-refractivity contribution is 6.30. The number of hydrogen-bond donors (Lipinski definition) is 1. The van der Waals surface area contributed by atoms with Gasteiger partial charge in [0.05, 0.1) is 0 Å². The second kappa shape index (κ2) is 9.86. The van der Waals surface area contributed by atoms with Gasteiger partial charge in [0.2, 0.25) is 5.91 Å². The number of piperidine rings is 1. The van der Waals surface area contributed by atoms with Crippen LogP contribution in [-0.4, -0.2) is 35.8 Å². The zero-order valence-electron chi connectivity index (χ0n) is 19.2. The molecule has 2 aromatic carbocycles. The number of rotatable bonds is 5. The number of carbonyl (C=O) groups excluding carboxylic acids is 2. The minimum absolute atomic E-state index is 0.0106. The van der Waals surface area contributed by atoms with Gasteiger partial charge in [-0.3, -0.25) is 9.59 Å². The average Bonchev–Trinajstić information content (AvgIpc) is 2.71. The molecule has 1 fully saturated rings. The predicted octanol–water partition coefficient (Wildman–Crippen LogP) is 5.43. The van der Waals surface area contributed by atoms with Crippen LogP contribution in [0.5, 0.6) is 0 Å². The third kappa shape index (κ3) is 5.48. The van der Waals surface area contributed by atoms with Gasteiger partial charge in [-0.2, -0.15) is 0 Å². The molecule has 1 unspecified atom stereocenters. The van der Waals surface area contributed by atoms with Crippen molar-refractivity contribution in [2.75, 3.05) is 13.1 Å². The Labute approximate surface area is 191 Å². The van der Waals surface area contributed by atoms with E-state index in [9.17, 15) is 9.59 Å². The number of benzene rings is 2. The lowest BCUT2D eigenvalue weighted by molar-refractivity contribution is -0.135. The molecular weight excluding hydrogens is 408 g/mol. The number of aryl methyl sites for hydroxylation is 3. The van der Waals surface area contributed by atoms with E-state index in [1.807, 2.05) is 63.8 Å². The molecular formula is C26H33ClN2O2. The SMILES string of the molecule is Cc1cc(C)c(C(=O)NC(C(=O)N2CCC(c3ccc(Cl)cc3)CC2)C(C)C)c(C)c1. The molecule has 1 atom stereocenters. The molecule has 0 saturated carbocycles. The van der Waals surface area contributed by atoms with E-state index in [4.69, 9.17) is 11.6 Å². The van der Waals surface area contributed by atoms with Crippen LogP contribution in [0.3, 0.4) is 0 Å². The highest BCUT2D eigenvalue weighted by Gasteiger charge is 2.32. The van der Waals surface area contributed by atoms with E-state index in [1.54, 1.807) is 0 Å². The Morgan fingerprint density at radius 2 is 1.55 bits per heavy atom. The molecule has 0 aromatic heterocycles. The van der Waals surface area contributed by atoms with E-state index < -0.39 is 6.04 Å². The first-order valence-corrected chi connectivity index (χ1v) is 11.5. The van der Waals surface area contributed by atoms with Gasteiger partial charge in [-0.15, -0.1) is 0 Å². The molecule has 0 radical (unpaired) electrons. The van der Waals surface area contributed by atoms with Crippen molar-refractivity contribution in [2.45, 2.75) is 59.4 Å². The number of amides is 2. The summed E-state index contributed by atoms with van der Waals surface area (Å²) in [6, 6.07) is 11.5. The van der Waals surface area contributed by atoms with E-state index in [0.29, 0.717) is 24.6 Å². The lowest BCUT2D eigenvalue weighted by Gasteiger charge is -2.35. The van der Waals surface area contributed by atoms with Gasteiger partial charge in [-0.05, 0) is 74.3 Å². The maximum atomic E-state index is 13.3. The molecule has 0 spiro atoms.